The molecule has 0 fully saturated rings. The summed E-state index contributed by atoms with van der Waals surface area (Å²) < 4.78 is 38.8. The summed E-state index contributed by atoms with van der Waals surface area (Å²) in [5.41, 5.74) is 4.93. The van der Waals surface area contributed by atoms with E-state index in [2.05, 4.69) is 0 Å². The number of esters is 1. The van der Waals surface area contributed by atoms with E-state index in [-0.39, 0.29) is 18.1 Å². The molecule has 0 bridgehead atoms. The lowest BCUT2D eigenvalue weighted by atomic mass is 9.91. The Morgan fingerprint density at radius 1 is 1.21 bits per heavy atom. The van der Waals surface area contributed by atoms with Gasteiger partial charge in [-0.15, -0.1) is 0 Å². The molecule has 2 aromatic carbocycles. The summed E-state index contributed by atoms with van der Waals surface area (Å²) in [5, 5.41) is 0. The van der Waals surface area contributed by atoms with Crippen molar-refractivity contribution >= 4 is 15.8 Å². The first kappa shape index (κ1) is 20.2. The first-order chi connectivity index (χ1) is 13.3. The minimum absolute atomic E-state index is 0.108. The minimum Gasteiger partial charge on any atom is -0.494 e. The van der Waals surface area contributed by atoms with Crippen molar-refractivity contribution in [1.82, 2.24) is 0 Å². The van der Waals surface area contributed by atoms with Crippen molar-refractivity contribution in [2.75, 3.05) is 25.7 Å². The zero-order valence-corrected chi connectivity index (χ0v) is 17.1. The van der Waals surface area contributed by atoms with Crippen molar-refractivity contribution in [3.63, 3.8) is 0 Å². The third-order valence-electron chi connectivity index (χ3n) is 4.59. The molecule has 150 valence electrons. The van der Waals surface area contributed by atoms with E-state index in [1.54, 1.807) is 0 Å². The van der Waals surface area contributed by atoms with Crippen LogP contribution in [0.5, 0.6) is 11.5 Å². The number of carbonyl (C=O) groups is 1. The first-order valence-corrected chi connectivity index (χ1v) is 11.1. The third-order valence-corrected chi connectivity index (χ3v) is 5.62. The molecule has 0 saturated heterocycles. The number of fused-ring (bicyclic) bond motifs is 3. The Hall–Kier alpha value is -2.54. The average molecular weight is 404 g/mol. The van der Waals surface area contributed by atoms with Crippen LogP contribution in [0.4, 0.5) is 0 Å². The molecule has 0 aliphatic carbocycles. The highest BCUT2D eigenvalue weighted by Crippen LogP contribution is 2.41. The summed E-state index contributed by atoms with van der Waals surface area (Å²) in [6, 6.07) is 9.59. The molecule has 28 heavy (non-hydrogen) atoms. The Labute approximate surface area is 165 Å². The van der Waals surface area contributed by atoms with Gasteiger partial charge in [0.15, 0.2) is 0 Å². The molecule has 7 heteroatoms. The van der Waals surface area contributed by atoms with E-state index in [9.17, 15) is 13.2 Å². The van der Waals surface area contributed by atoms with E-state index < -0.39 is 9.84 Å². The Balaban J connectivity index is 1.82. The highest BCUT2D eigenvalue weighted by atomic mass is 32.2. The van der Waals surface area contributed by atoms with E-state index in [1.807, 2.05) is 37.3 Å². The Morgan fingerprint density at radius 2 is 2.00 bits per heavy atom. The predicted octanol–water partition coefficient (Wildman–Crippen LogP) is 3.08. The van der Waals surface area contributed by atoms with Crippen LogP contribution in [0.15, 0.2) is 30.3 Å². The summed E-state index contributed by atoms with van der Waals surface area (Å²) in [6.07, 6.45) is 1.88. The molecule has 0 N–H and O–H groups in total. The molecule has 1 aliphatic heterocycles. The molecule has 0 saturated carbocycles. The van der Waals surface area contributed by atoms with Gasteiger partial charge in [0.1, 0.15) is 27.9 Å². The van der Waals surface area contributed by atoms with Crippen molar-refractivity contribution in [1.29, 1.82) is 0 Å². The largest absolute Gasteiger partial charge is 0.494 e. The van der Waals surface area contributed by atoms with Crippen LogP contribution in [0.3, 0.4) is 0 Å². The monoisotopic (exact) mass is 404 g/mol. The van der Waals surface area contributed by atoms with Gasteiger partial charge in [-0.2, -0.15) is 0 Å². The number of sulfone groups is 1. The van der Waals surface area contributed by atoms with Gasteiger partial charge in [0.2, 0.25) is 0 Å². The molecule has 0 aromatic heterocycles. The normalized spacial score (nSPS) is 12.5. The number of aryl methyl sites for hydroxylation is 1. The number of hydrogen-bond acceptors (Lipinski definition) is 6. The molecular formula is C21H24O6S. The van der Waals surface area contributed by atoms with Gasteiger partial charge in [0.25, 0.3) is 0 Å². The van der Waals surface area contributed by atoms with Gasteiger partial charge in [0, 0.05) is 17.4 Å². The molecule has 0 atom stereocenters. The molecule has 3 rings (SSSR count). The molecule has 6 nitrogen and oxygen atoms in total. The Kier molecular flexibility index (Phi) is 5.93. The SMILES string of the molecule is COC(=O)Cc1ccc2c(c1)-c1c(C)cc(OCCCS(C)(=O)=O)cc1CO2. The fraction of sp³-hybridized carbons (Fsp3) is 0.381. The Bertz CT molecular complexity index is 994. The fourth-order valence-corrected chi connectivity index (χ4v) is 3.96. The summed E-state index contributed by atoms with van der Waals surface area (Å²) >= 11 is 0. The van der Waals surface area contributed by atoms with Crippen molar-refractivity contribution in [2.24, 2.45) is 0 Å². The van der Waals surface area contributed by atoms with Gasteiger partial charge in [-0.1, -0.05) is 6.07 Å². The second-order valence-corrected chi connectivity index (χ2v) is 9.24. The van der Waals surface area contributed by atoms with Crippen LogP contribution in [-0.4, -0.2) is 40.1 Å². The van der Waals surface area contributed by atoms with Crippen LogP contribution in [0.25, 0.3) is 11.1 Å². The lowest BCUT2D eigenvalue weighted by Crippen LogP contribution is -2.11. The lowest BCUT2D eigenvalue weighted by molar-refractivity contribution is -0.139. The maximum atomic E-state index is 11.6. The molecular weight excluding hydrogens is 380 g/mol. The van der Waals surface area contributed by atoms with E-state index in [1.165, 1.54) is 13.4 Å². The van der Waals surface area contributed by atoms with Gasteiger partial charge in [-0.05, 0) is 54.3 Å². The van der Waals surface area contributed by atoms with Crippen LogP contribution < -0.4 is 9.47 Å². The van der Waals surface area contributed by atoms with Crippen molar-refractivity contribution in [3.05, 3.63) is 47.0 Å². The fourth-order valence-electron chi connectivity index (χ4n) is 3.32. The summed E-state index contributed by atoms with van der Waals surface area (Å²) in [5.74, 6) is 1.30. The van der Waals surface area contributed by atoms with E-state index in [0.29, 0.717) is 25.4 Å². The zero-order chi connectivity index (χ0) is 20.3. The van der Waals surface area contributed by atoms with Gasteiger partial charge in [0.05, 0.1) is 25.9 Å². The standard InChI is InChI=1S/C21H24O6S/c1-14-9-17(26-7-4-8-28(3,23)24)12-16-13-27-19-6-5-15(11-20(22)25-2)10-18(19)21(14)16/h5-6,9-10,12H,4,7-8,11,13H2,1-3H3. The third kappa shape index (κ3) is 4.84. The smallest absolute Gasteiger partial charge is 0.309 e. The summed E-state index contributed by atoms with van der Waals surface area (Å²) in [4.78, 5) is 11.6. The quantitative estimate of drug-likeness (QED) is 0.521. The molecule has 0 radical (unpaired) electrons. The van der Waals surface area contributed by atoms with Crippen LogP contribution in [0, 0.1) is 6.92 Å². The van der Waals surface area contributed by atoms with Crippen molar-refractivity contribution < 1.29 is 27.4 Å². The highest BCUT2D eigenvalue weighted by molar-refractivity contribution is 7.90. The molecule has 0 spiro atoms. The second-order valence-electron chi connectivity index (χ2n) is 6.98. The molecule has 2 aromatic rings. The predicted molar refractivity (Wildman–Crippen MR) is 106 cm³/mol. The molecule has 1 aliphatic rings. The topological polar surface area (TPSA) is 78.9 Å². The number of ether oxygens (including phenoxy) is 3. The number of rotatable bonds is 7. The van der Waals surface area contributed by atoms with Crippen molar-refractivity contribution in [3.8, 4) is 22.6 Å². The van der Waals surface area contributed by atoms with E-state index in [0.717, 1.165) is 33.6 Å². The maximum Gasteiger partial charge on any atom is 0.309 e. The van der Waals surface area contributed by atoms with Gasteiger partial charge in [-0.25, -0.2) is 8.42 Å². The highest BCUT2D eigenvalue weighted by Gasteiger charge is 2.21. The van der Waals surface area contributed by atoms with Gasteiger partial charge < -0.3 is 14.2 Å². The van der Waals surface area contributed by atoms with E-state index in [4.69, 9.17) is 14.2 Å². The maximum absolute atomic E-state index is 11.6. The summed E-state index contributed by atoms with van der Waals surface area (Å²) in [7, 11) is -1.61. The lowest BCUT2D eigenvalue weighted by Gasteiger charge is -2.24. The van der Waals surface area contributed by atoms with Crippen LogP contribution in [-0.2, 0) is 32.4 Å². The number of hydrogen-bond donors (Lipinski definition) is 0. The average Bonchev–Trinajstić information content (AvgIpc) is 2.63. The second kappa shape index (κ2) is 8.22. The minimum atomic E-state index is -2.98. The number of carbonyl (C=O) groups excluding carboxylic acids is 1. The van der Waals surface area contributed by atoms with Crippen LogP contribution in [0.1, 0.15) is 23.1 Å². The van der Waals surface area contributed by atoms with E-state index >= 15 is 0 Å². The summed E-state index contributed by atoms with van der Waals surface area (Å²) in [6.45, 7) is 2.77. The van der Waals surface area contributed by atoms with Crippen LogP contribution in [0.2, 0.25) is 0 Å². The molecule has 0 unspecified atom stereocenters. The zero-order valence-electron chi connectivity index (χ0n) is 16.3. The van der Waals surface area contributed by atoms with Gasteiger partial charge in [-0.3, -0.25) is 4.79 Å². The van der Waals surface area contributed by atoms with Crippen LogP contribution >= 0.6 is 0 Å². The number of benzene rings is 2. The first-order valence-electron chi connectivity index (χ1n) is 9.04. The Morgan fingerprint density at radius 3 is 2.71 bits per heavy atom. The molecule has 0 amide bonds. The van der Waals surface area contributed by atoms with Gasteiger partial charge >= 0.3 is 5.97 Å². The van der Waals surface area contributed by atoms with Crippen molar-refractivity contribution in [2.45, 2.75) is 26.4 Å². The number of methoxy groups -OCH3 is 1. The molecule has 1 heterocycles.